The van der Waals surface area contributed by atoms with Gasteiger partial charge in [-0.25, -0.2) is 8.42 Å². The molecule has 0 heterocycles. The molecule has 1 unspecified atom stereocenters. The van der Waals surface area contributed by atoms with Crippen LogP contribution in [0.2, 0.25) is 0 Å². The minimum Gasteiger partial charge on any atom is -0.207 e. The summed E-state index contributed by atoms with van der Waals surface area (Å²) in [5, 5.41) is 0. The summed E-state index contributed by atoms with van der Waals surface area (Å²) in [7, 11) is -3.36. The number of hydrogen-bond donors (Lipinski definition) is 1. The second kappa shape index (κ2) is 4.21. The summed E-state index contributed by atoms with van der Waals surface area (Å²) in [5.41, 5.74) is 0. The predicted molar refractivity (Wildman–Crippen MR) is 55.2 cm³/mol. The van der Waals surface area contributed by atoms with E-state index in [1.165, 1.54) is 0 Å². The van der Waals surface area contributed by atoms with Gasteiger partial charge in [0.15, 0.2) is 0 Å². The Kier molecular flexibility index (Phi) is 3.47. The van der Waals surface area contributed by atoms with Gasteiger partial charge in [-0.2, -0.15) is 4.72 Å². The zero-order chi connectivity index (χ0) is 9.90. The Balaban J connectivity index is 2.96. The number of sulfonamides is 1. The normalized spacial score (nSPS) is 14.0. The van der Waals surface area contributed by atoms with Gasteiger partial charge in [0, 0.05) is 0 Å². The number of nitrogens with one attached hydrogen (secondary N) is 1. The lowest BCUT2D eigenvalue weighted by Crippen LogP contribution is -2.28. The molecular weight excluding hydrogens is 254 g/mol. The maximum Gasteiger partial charge on any atom is 0.241 e. The Bertz CT molecular complexity index is 361. The molecule has 0 aromatic heterocycles. The largest absolute Gasteiger partial charge is 0.241 e. The summed E-state index contributed by atoms with van der Waals surface area (Å²) in [6.45, 7) is 1.71. The van der Waals surface area contributed by atoms with E-state index in [4.69, 9.17) is 0 Å². The number of halogens is 1. The molecule has 13 heavy (non-hydrogen) atoms. The SMILES string of the molecule is CC(Br)NS(=O)(=O)c1ccccc1. The van der Waals surface area contributed by atoms with Gasteiger partial charge >= 0.3 is 0 Å². The van der Waals surface area contributed by atoms with E-state index < -0.39 is 10.0 Å². The summed E-state index contributed by atoms with van der Waals surface area (Å²) in [4.78, 5) is 0.0130. The summed E-state index contributed by atoms with van der Waals surface area (Å²) in [6, 6.07) is 8.26. The highest BCUT2D eigenvalue weighted by Gasteiger charge is 2.14. The van der Waals surface area contributed by atoms with Crippen molar-refractivity contribution < 1.29 is 8.42 Å². The Morgan fingerprint density at radius 3 is 2.31 bits per heavy atom. The van der Waals surface area contributed by atoms with Gasteiger partial charge in [-0.05, 0) is 19.1 Å². The van der Waals surface area contributed by atoms with E-state index in [2.05, 4.69) is 20.7 Å². The molecule has 0 aliphatic heterocycles. The highest BCUT2D eigenvalue weighted by molar-refractivity contribution is 9.09. The standard InChI is InChI=1S/C8H10BrNO2S/c1-7(9)10-13(11,12)8-5-3-2-4-6-8/h2-7,10H,1H3. The Hall–Kier alpha value is -0.390. The summed E-state index contributed by atoms with van der Waals surface area (Å²) in [6.07, 6.45) is 0. The highest BCUT2D eigenvalue weighted by atomic mass is 79.9. The van der Waals surface area contributed by atoms with Crippen molar-refractivity contribution in [2.75, 3.05) is 0 Å². The maximum absolute atomic E-state index is 11.5. The van der Waals surface area contributed by atoms with Crippen molar-refractivity contribution in [3.05, 3.63) is 30.3 Å². The lowest BCUT2D eigenvalue weighted by Gasteiger charge is -2.07. The second-order valence-corrected chi connectivity index (χ2v) is 5.64. The van der Waals surface area contributed by atoms with Crippen molar-refractivity contribution in [1.29, 1.82) is 0 Å². The zero-order valence-electron chi connectivity index (χ0n) is 7.07. The van der Waals surface area contributed by atoms with Crippen LogP contribution in [0.5, 0.6) is 0 Å². The molecule has 1 aromatic carbocycles. The minimum absolute atomic E-state index is 0.266. The van der Waals surface area contributed by atoms with Gasteiger partial charge < -0.3 is 0 Å². The van der Waals surface area contributed by atoms with Crippen molar-refractivity contribution in [3.63, 3.8) is 0 Å². The average molecular weight is 264 g/mol. The first-order valence-corrected chi connectivity index (χ1v) is 6.14. The number of hydrogen-bond acceptors (Lipinski definition) is 2. The third-order valence-electron chi connectivity index (χ3n) is 1.37. The molecule has 0 bridgehead atoms. The van der Waals surface area contributed by atoms with Gasteiger partial charge in [0.2, 0.25) is 10.0 Å². The van der Waals surface area contributed by atoms with Crippen LogP contribution >= 0.6 is 15.9 Å². The molecule has 3 nitrogen and oxygen atoms in total. The molecular formula is C8H10BrNO2S. The van der Waals surface area contributed by atoms with Gasteiger partial charge in [0.05, 0.1) is 9.85 Å². The molecule has 1 rings (SSSR count). The van der Waals surface area contributed by atoms with Crippen LogP contribution < -0.4 is 4.72 Å². The Morgan fingerprint density at radius 1 is 1.31 bits per heavy atom. The van der Waals surface area contributed by atoms with Gasteiger partial charge in [-0.1, -0.05) is 34.1 Å². The first-order valence-electron chi connectivity index (χ1n) is 3.74. The van der Waals surface area contributed by atoms with E-state index in [1.54, 1.807) is 37.3 Å². The lowest BCUT2D eigenvalue weighted by molar-refractivity contribution is 0.582. The van der Waals surface area contributed by atoms with Crippen LogP contribution in [0.15, 0.2) is 35.2 Å². The first-order chi connectivity index (χ1) is 6.02. The molecule has 0 spiro atoms. The molecule has 1 atom stereocenters. The van der Waals surface area contributed by atoms with Crippen LogP contribution in [0, 0.1) is 0 Å². The molecule has 0 saturated carbocycles. The van der Waals surface area contributed by atoms with Crippen LogP contribution in [-0.4, -0.2) is 13.4 Å². The number of alkyl halides is 1. The fraction of sp³-hybridized carbons (Fsp3) is 0.250. The fourth-order valence-corrected chi connectivity index (χ4v) is 2.70. The molecule has 0 radical (unpaired) electrons. The Morgan fingerprint density at radius 2 is 1.85 bits per heavy atom. The van der Waals surface area contributed by atoms with E-state index in [1.807, 2.05) is 0 Å². The van der Waals surface area contributed by atoms with Crippen LogP contribution in [-0.2, 0) is 10.0 Å². The predicted octanol–water partition coefficient (Wildman–Crippen LogP) is 1.71. The highest BCUT2D eigenvalue weighted by Crippen LogP contribution is 2.08. The third kappa shape index (κ3) is 3.10. The van der Waals surface area contributed by atoms with Gasteiger partial charge in [0.25, 0.3) is 0 Å². The minimum atomic E-state index is -3.36. The lowest BCUT2D eigenvalue weighted by atomic mass is 10.4. The summed E-state index contributed by atoms with van der Waals surface area (Å²) in [5.74, 6) is 0. The maximum atomic E-state index is 11.5. The molecule has 0 amide bonds. The van der Waals surface area contributed by atoms with Gasteiger partial charge in [0.1, 0.15) is 0 Å². The number of benzene rings is 1. The van der Waals surface area contributed by atoms with E-state index in [0.717, 1.165) is 0 Å². The molecule has 0 aliphatic rings. The van der Waals surface area contributed by atoms with E-state index in [9.17, 15) is 8.42 Å². The van der Waals surface area contributed by atoms with E-state index >= 15 is 0 Å². The summed E-state index contributed by atoms with van der Waals surface area (Å²) >= 11 is 3.12. The quantitative estimate of drug-likeness (QED) is 0.667. The van der Waals surface area contributed by atoms with Crippen LogP contribution in [0.3, 0.4) is 0 Å². The van der Waals surface area contributed by atoms with Crippen molar-refractivity contribution >= 4 is 26.0 Å². The first kappa shape index (κ1) is 10.7. The van der Waals surface area contributed by atoms with E-state index in [0.29, 0.717) is 0 Å². The van der Waals surface area contributed by atoms with Crippen LogP contribution in [0.4, 0.5) is 0 Å². The van der Waals surface area contributed by atoms with Crippen molar-refractivity contribution in [3.8, 4) is 0 Å². The zero-order valence-corrected chi connectivity index (χ0v) is 9.47. The fourth-order valence-electron chi connectivity index (χ4n) is 0.881. The van der Waals surface area contributed by atoms with E-state index in [-0.39, 0.29) is 9.85 Å². The molecule has 1 N–H and O–H groups in total. The van der Waals surface area contributed by atoms with Crippen LogP contribution in [0.25, 0.3) is 0 Å². The molecule has 5 heteroatoms. The van der Waals surface area contributed by atoms with Crippen LogP contribution in [0.1, 0.15) is 6.92 Å². The van der Waals surface area contributed by atoms with Gasteiger partial charge in [-0.15, -0.1) is 0 Å². The monoisotopic (exact) mass is 263 g/mol. The van der Waals surface area contributed by atoms with Crippen molar-refractivity contribution in [2.24, 2.45) is 0 Å². The third-order valence-corrected chi connectivity index (χ3v) is 3.46. The molecule has 0 aliphatic carbocycles. The number of rotatable bonds is 3. The average Bonchev–Trinajstić information content (AvgIpc) is 2.04. The van der Waals surface area contributed by atoms with Crippen molar-refractivity contribution in [1.82, 2.24) is 4.72 Å². The molecule has 72 valence electrons. The summed E-state index contributed by atoms with van der Waals surface area (Å²) < 4.78 is 25.4. The molecule has 0 saturated heterocycles. The molecule has 1 aromatic rings. The second-order valence-electron chi connectivity index (χ2n) is 2.55. The van der Waals surface area contributed by atoms with Crippen molar-refractivity contribution in [2.45, 2.75) is 16.8 Å². The smallest absolute Gasteiger partial charge is 0.207 e. The topological polar surface area (TPSA) is 46.2 Å². The Labute approximate surface area is 86.3 Å². The van der Waals surface area contributed by atoms with Gasteiger partial charge in [-0.3, -0.25) is 0 Å². The molecule has 0 fully saturated rings.